The smallest absolute Gasteiger partial charge is 0.170 e. The molecule has 0 aliphatic heterocycles. The Labute approximate surface area is 196 Å². The number of nitrogens with two attached hydrogens (primary N) is 5. The molecule has 0 bridgehead atoms. The molecule has 0 amide bonds. The highest BCUT2D eigenvalue weighted by Gasteiger charge is 2.26. The number of carbonyl (C=O) groups is 1. The molecule has 0 aliphatic rings. The quantitative estimate of drug-likeness (QED) is 0.160. The van der Waals surface area contributed by atoms with E-state index in [2.05, 4.69) is 4.84 Å². The molecule has 10 nitrogen and oxygen atoms in total. The zero-order valence-electron chi connectivity index (χ0n) is 18.4. The summed E-state index contributed by atoms with van der Waals surface area (Å²) in [5.74, 6) is 22.1. The van der Waals surface area contributed by atoms with E-state index in [1.807, 2.05) is 36.4 Å². The van der Waals surface area contributed by atoms with Crippen LogP contribution in [0.2, 0.25) is 0 Å². The van der Waals surface area contributed by atoms with E-state index in [4.69, 9.17) is 43.8 Å². The molecule has 0 fully saturated rings. The molecule has 0 heterocycles. The Hall–Kier alpha value is -4.09. The second-order valence-corrected chi connectivity index (χ2v) is 7.37. The standard InChI is InChI=1S/C24H27N5O5/c25-17-9-4-16(5-10-17)8-13-20(30)23-22(33-28)14-21(32-27)19(24(23)34-29)3-1-2-15-6-11-18(31-26)12-7-15/h1-2,4-7,9-12,14H,3,8,13,25-29H2/b2-1+. The molecular weight excluding hydrogens is 438 g/mol. The summed E-state index contributed by atoms with van der Waals surface area (Å²) in [4.78, 5) is 32.8. The summed E-state index contributed by atoms with van der Waals surface area (Å²) in [6.07, 6.45) is 4.61. The molecule has 3 aromatic rings. The van der Waals surface area contributed by atoms with Gasteiger partial charge in [0.25, 0.3) is 0 Å². The van der Waals surface area contributed by atoms with Crippen LogP contribution in [0, 0.1) is 0 Å². The van der Waals surface area contributed by atoms with Gasteiger partial charge < -0.3 is 25.1 Å². The molecule has 0 spiro atoms. The summed E-state index contributed by atoms with van der Waals surface area (Å²) in [5, 5.41) is 0. The first-order valence-corrected chi connectivity index (χ1v) is 10.3. The summed E-state index contributed by atoms with van der Waals surface area (Å²) in [6.45, 7) is 0. The molecule has 3 rings (SSSR count). The number of Topliss-reactive ketones (excluding diaryl/α,β-unsaturated/α-hetero) is 1. The van der Waals surface area contributed by atoms with Crippen molar-refractivity contribution in [2.45, 2.75) is 19.3 Å². The third kappa shape index (κ3) is 5.82. The number of hydrogen-bond donors (Lipinski definition) is 5. The predicted octanol–water partition coefficient (Wildman–Crippen LogP) is 2.35. The third-order valence-corrected chi connectivity index (χ3v) is 5.23. The van der Waals surface area contributed by atoms with Crippen molar-refractivity contribution in [2.24, 2.45) is 23.6 Å². The van der Waals surface area contributed by atoms with Crippen LogP contribution < -0.4 is 48.7 Å². The average molecular weight is 466 g/mol. The van der Waals surface area contributed by atoms with Crippen molar-refractivity contribution in [3.05, 3.63) is 82.9 Å². The molecular formula is C24H27N5O5. The van der Waals surface area contributed by atoms with Crippen molar-refractivity contribution in [3.63, 3.8) is 0 Å². The normalized spacial score (nSPS) is 10.8. The molecule has 10 N–H and O–H groups in total. The lowest BCUT2D eigenvalue weighted by Crippen LogP contribution is -2.17. The molecule has 34 heavy (non-hydrogen) atoms. The van der Waals surface area contributed by atoms with E-state index in [0.29, 0.717) is 23.4 Å². The van der Waals surface area contributed by atoms with E-state index in [0.717, 1.165) is 11.1 Å². The number of rotatable bonds is 11. The highest BCUT2D eigenvalue weighted by molar-refractivity contribution is 6.02. The number of ketones is 1. The van der Waals surface area contributed by atoms with Crippen molar-refractivity contribution in [2.75, 3.05) is 5.73 Å². The fourth-order valence-electron chi connectivity index (χ4n) is 3.48. The Morgan fingerprint density at radius 2 is 1.50 bits per heavy atom. The minimum absolute atomic E-state index is 0.0355. The number of allylic oxidation sites excluding steroid dienone is 1. The molecule has 0 aliphatic carbocycles. The van der Waals surface area contributed by atoms with Gasteiger partial charge in [0.05, 0.1) is 0 Å². The fourth-order valence-corrected chi connectivity index (χ4v) is 3.48. The first-order valence-electron chi connectivity index (χ1n) is 10.3. The Bertz CT molecular complexity index is 1150. The highest BCUT2D eigenvalue weighted by atomic mass is 16.6. The fraction of sp³-hybridized carbons (Fsp3) is 0.125. The molecule has 0 aromatic heterocycles. The van der Waals surface area contributed by atoms with Gasteiger partial charge in [-0.05, 0) is 48.2 Å². The Morgan fingerprint density at radius 1 is 0.824 bits per heavy atom. The molecule has 0 unspecified atom stereocenters. The first kappa shape index (κ1) is 24.6. The summed E-state index contributed by atoms with van der Waals surface area (Å²) in [6, 6.07) is 15.8. The van der Waals surface area contributed by atoms with Crippen LogP contribution >= 0.6 is 0 Å². The summed E-state index contributed by atoms with van der Waals surface area (Å²) >= 11 is 0. The van der Waals surface area contributed by atoms with Crippen molar-refractivity contribution < 1.29 is 24.1 Å². The number of hydrogen-bond acceptors (Lipinski definition) is 10. The summed E-state index contributed by atoms with van der Waals surface area (Å²) in [5.41, 5.74) is 8.77. The van der Waals surface area contributed by atoms with Crippen molar-refractivity contribution in [1.82, 2.24) is 0 Å². The van der Waals surface area contributed by atoms with Gasteiger partial charge in [-0.1, -0.05) is 36.4 Å². The maximum atomic E-state index is 13.1. The van der Waals surface area contributed by atoms with Crippen LogP contribution in [0.4, 0.5) is 5.69 Å². The summed E-state index contributed by atoms with van der Waals surface area (Å²) in [7, 11) is 0. The molecule has 0 saturated heterocycles. The van der Waals surface area contributed by atoms with Gasteiger partial charge in [-0.25, -0.2) is 0 Å². The van der Waals surface area contributed by atoms with Gasteiger partial charge in [-0.2, -0.15) is 23.6 Å². The van der Waals surface area contributed by atoms with Crippen molar-refractivity contribution in [1.29, 1.82) is 0 Å². The Kier molecular flexibility index (Phi) is 8.43. The van der Waals surface area contributed by atoms with E-state index in [-0.39, 0.29) is 41.4 Å². The molecule has 0 saturated carbocycles. The predicted molar refractivity (Wildman–Crippen MR) is 128 cm³/mol. The largest absolute Gasteiger partial charge is 0.412 e. The van der Waals surface area contributed by atoms with Crippen LogP contribution in [0.1, 0.15) is 33.5 Å². The summed E-state index contributed by atoms with van der Waals surface area (Å²) < 4.78 is 0. The van der Waals surface area contributed by atoms with Gasteiger partial charge in [0.2, 0.25) is 0 Å². The average Bonchev–Trinajstić information content (AvgIpc) is 2.87. The van der Waals surface area contributed by atoms with E-state index >= 15 is 0 Å². The van der Waals surface area contributed by atoms with Crippen LogP contribution in [0.3, 0.4) is 0 Å². The topological polar surface area (TPSA) is 184 Å². The SMILES string of the molecule is NOc1ccc(/C=C/Cc2c(ON)cc(ON)c(C(=O)CCc3ccc(N)cc3)c2ON)cc1. The lowest BCUT2D eigenvalue weighted by molar-refractivity contribution is 0.0974. The van der Waals surface area contributed by atoms with Gasteiger partial charge in [0.1, 0.15) is 11.3 Å². The van der Waals surface area contributed by atoms with Crippen LogP contribution in [0.25, 0.3) is 6.08 Å². The number of aryl methyl sites for hydroxylation is 1. The van der Waals surface area contributed by atoms with E-state index in [1.54, 1.807) is 24.3 Å². The molecule has 10 heteroatoms. The third-order valence-electron chi connectivity index (χ3n) is 5.23. The Morgan fingerprint density at radius 3 is 2.09 bits per heavy atom. The molecule has 178 valence electrons. The van der Waals surface area contributed by atoms with E-state index in [1.165, 1.54) is 6.07 Å². The van der Waals surface area contributed by atoms with Gasteiger partial charge in [-0.15, -0.1) is 0 Å². The zero-order chi connectivity index (χ0) is 24.5. The van der Waals surface area contributed by atoms with E-state index in [9.17, 15) is 4.79 Å². The van der Waals surface area contributed by atoms with Crippen LogP contribution in [-0.2, 0) is 12.8 Å². The minimum atomic E-state index is -0.274. The number of carbonyl (C=O) groups excluding carboxylic acids is 1. The van der Waals surface area contributed by atoms with Gasteiger partial charge >= 0.3 is 0 Å². The van der Waals surface area contributed by atoms with Gasteiger partial charge in [0, 0.05) is 23.7 Å². The van der Waals surface area contributed by atoms with Crippen molar-refractivity contribution in [3.8, 4) is 23.0 Å². The zero-order valence-corrected chi connectivity index (χ0v) is 18.4. The molecule has 3 aromatic carbocycles. The maximum Gasteiger partial charge on any atom is 0.170 e. The van der Waals surface area contributed by atoms with Crippen LogP contribution in [0.5, 0.6) is 23.0 Å². The van der Waals surface area contributed by atoms with Crippen LogP contribution in [0.15, 0.2) is 60.7 Å². The second-order valence-electron chi connectivity index (χ2n) is 7.37. The molecule has 0 radical (unpaired) electrons. The number of nitrogen functional groups attached to an aromatic ring is 1. The van der Waals surface area contributed by atoms with E-state index < -0.39 is 0 Å². The van der Waals surface area contributed by atoms with Gasteiger partial charge in [0.15, 0.2) is 23.0 Å². The number of benzene rings is 3. The minimum Gasteiger partial charge on any atom is -0.412 e. The highest BCUT2D eigenvalue weighted by Crippen LogP contribution is 2.40. The Balaban J connectivity index is 1.89. The lowest BCUT2D eigenvalue weighted by atomic mass is 9.96. The lowest BCUT2D eigenvalue weighted by Gasteiger charge is -2.17. The van der Waals surface area contributed by atoms with Crippen molar-refractivity contribution >= 4 is 17.5 Å². The number of anilines is 1. The molecule has 0 atom stereocenters. The van der Waals surface area contributed by atoms with Gasteiger partial charge in [-0.3, -0.25) is 4.79 Å². The maximum absolute atomic E-state index is 13.1. The first-order chi connectivity index (χ1) is 16.5. The monoisotopic (exact) mass is 465 g/mol. The van der Waals surface area contributed by atoms with Crippen LogP contribution in [-0.4, -0.2) is 5.78 Å². The second kappa shape index (κ2) is 11.7.